The van der Waals surface area contributed by atoms with Crippen LogP contribution in [0.3, 0.4) is 0 Å². The van der Waals surface area contributed by atoms with Gasteiger partial charge in [0.1, 0.15) is 0 Å². The lowest BCUT2D eigenvalue weighted by Gasteiger charge is -2.35. The SMILES string of the molecule is O=C(c1csnn1)N1CCN(c2cccc(Cl)c2)CC1. The summed E-state index contributed by atoms with van der Waals surface area (Å²) >= 11 is 7.20. The van der Waals surface area contributed by atoms with E-state index in [0.29, 0.717) is 18.8 Å². The Bertz CT molecular complexity index is 596. The quantitative estimate of drug-likeness (QED) is 0.853. The highest BCUT2D eigenvalue weighted by molar-refractivity contribution is 7.03. The molecule has 2 heterocycles. The first-order chi connectivity index (χ1) is 9.74. The second-order valence-electron chi connectivity index (χ2n) is 4.55. The fourth-order valence-electron chi connectivity index (χ4n) is 2.26. The number of benzene rings is 1. The van der Waals surface area contributed by atoms with Crippen LogP contribution in [0.25, 0.3) is 0 Å². The van der Waals surface area contributed by atoms with Gasteiger partial charge in [0.2, 0.25) is 0 Å². The Morgan fingerprint density at radius 2 is 2.05 bits per heavy atom. The molecule has 0 radical (unpaired) electrons. The zero-order valence-corrected chi connectivity index (χ0v) is 12.3. The number of piperazine rings is 1. The molecule has 20 heavy (non-hydrogen) atoms. The fraction of sp³-hybridized carbons (Fsp3) is 0.308. The highest BCUT2D eigenvalue weighted by Crippen LogP contribution is 2.21. The Kier molecular flexibility index (Phi) is 3.84. The van der Waals surface area contributed by atoms with Gasteiger partial charge < -0.3 is 9.80 Å². The van der Waals surface area contributed by atoms with Crippen molar-refractivity contribution in [1.29, 1.82) is 0 Å². The molecule has 1 aromatic carbocycles. The van der Waals surface area contributed by atoms with Gasteiger partial charge in [0.25, 0.3) is 5.91 Å². The van der Waals surface area contributed by atoms with E-state index in [0.717, 1.165) is 23.8 Å². The normalized spacial score (nSPS) is 15.4. The maximum absolute atomic E-state index is 12.1. The van der Waals surface area contributed by atoms with Crippen LogP contribution >= 0.6 is 23.1 Å². The molecule has 1 fully saturated rings. The predicted octanol–water partition coefficient (Wildman–Crippen LogP) is 2.15. The number of carbonyl (C=O) groups excluding carboxylic acids is 1. The lowest BCUT2D eigenvalue weighted by molar-refractivity contribution is 0.0741. The largest absolute Gasteiger partial charge is 0.368 e. The first-order valence-electron chi connectivity index (χ1n) is 6.31. The minimum Gasteiger partial charge on any atom is -0.368 e. The van der Waals surface area contributed by atoms with E-state index >= 15 is 0 Å². The third kappa shape index (κ3) is 2.76. The van der Waals surface area contributed by atoms with Crippen molar-refractivity contribution >= 4 is 34.7 Å². The molecular formula is C13H13ClN4OS. The van der Waals surface area contributed by atoms with E-state index in [1.165, 1.54) is 11.5 Å². The average molecular weight is 309 g/mol. The fourth-order valence-corrected chi connectivity index (χ4v) is 2.87. The molecule has 1 aliphatic heterocycles. The number of hydrogen-bond acceptors (Lipinski definition) is 5. The Labute approximate surface area is 125 Å². The third-order valence-corrected chi connectivity index (χ3v) is 4.06. The zero-order chi connectivity index (χ0) is 13.9. The number of amides is 1. The number of nitrogens with zero attached hydrogens (tertiary/aromatic N) is 4. The van der Waals surface area contributed by atoms with Crippen molar-refractivity contribution in [2.75, 3.05) is 31.1 Å². The molecule has 1 amide bonds. The van der Waals surface area contributed by atoms with Crippen LogP contribution in [0.5, 0.6) is 0 Å². The summed E-state index contributed by atoms with van der Waals surface area (Å²) in [6.07, 6.45) is 0. The van der Waals surface area contributed by atoms with Gasteiger partial charge in [-0.1, -0.05) is 22.2 Å². The minimum atomic E-state index is -0.0375. The van der Waals surface area contributed by atoms with Crippen molar-refractivity contribution in [1.82, 2.24) is 14.5 Å². The monoisotopic (exact) mass is 308 g/mol. The lowest BCUT2D eigenvalue weighted by atomic mass is 10.2. The minimum absolute atomic E-state index is 0.0375. The number of carbonyl (C=O) groups is 1. The van der Waals surface area contributed by atoms with Crippen molar-refractivity contribution in [3.05, 3.63) is 40.4 Å². The molecule has 2 aromatic rings. The lowest BCUT2D eigenvalue weighted by Crippen LogP contribution is -2.48. The molecule has 0 saturated carbocycles. The molecule has 0 unspecified atom stereocenters. The molecule has 1 aliphatic rings. The van der Waals surface area contributed by atoms with E-state index in [-0.39, 0.29) is 5.91 Å². The molecule has 1 aromatic heterocycles. The number of aromatic nitrogens is 2. The van der Waals surface area contributed by atoms with Gasteiger partial charge in [0.05, 0.1) is 0 Å². The van der Waals surface area contributed by atoms with Crippen LogP contribution in [0.15, 0.2) is 29.6 Å². The predicted molar refractivity (Wildman–Crippen MR) is 79.5 cm³/mol. The van der Waals surface area contributed by atoms with Crippen LogP contribution < -0.4 is 4.90 Å². The number of rotatable bonds is 2. The number of anilines is 1. The summed E-state index contributed by atoms with van der Waals surface area (Å²) in [6.45, 7) is 2.96. The molecule has 0 N–H and O–H groups in total. The summed E-state index contributed by atoms with van der Waals surface area (Å²) in [5, 5.41) is 6.24. The Morgan fingerprint density at radius 1 is 1.25 bits per heavy atom. The summed E-state index contributed by atoms with van der Waals surface area (Å²) in [7, 11) is 0. The zero-order valence-electron chi connectivity index (χ0n) is 10.7. The van der Waals surface area contributed by atoms with E-state index in [4.69, 9.17) is 11.6 Å². The van der Waals surface area contributed by atoms with E-state index < -0.39 is 0 Å². The number of halogens is 1. The van der Waals surface area contributed by atoms with Crippen LogP contribution in [-0.4, -0.2) is 46.6 Å². The summed E-state index contributed by atoms with van der Waals surface area (Å²) in [4.78, 5) is 16.2. The van der Waals surface area contributed by atoms with Gasteiger partial charge in [-0.15, -0.1) is 5.10 Å². The molecular weight excluding hydrogens is 296 g/mol. The summed E-state index contributed by atoms with van der Waals surface area (Å²) in [6, 6.07) is 7.79. The van der Waals surface area contributed by atoms with Crippen molar-refractivity contribution in [2.24, 2.45) is 0 Å². The topological polar surface area (TPSA) is 49.3 Å². The number of hydrogen-bond donors (Lipinski definition) is 0. The van der Waals surface area contributed by atoms with Crippen LogP contribution in [0.2, 0.25) is 5.02 Å². The van der Waals surface area contributed by atoms with Crippen molar-refractivity contribution in [2.45, 2.75) is 0 Å². The highest BCUT2D eigenvalue weighted by Gasteiger charge is 2.23. The molecule has 1 saturated heterocycles. The summed E-state index contributed by atoms with van der Waals surface area (Å²) in [5.41, 5.74) is 1.53. The van der Waals surface area contributed by atoms with Gasteiger partial charge in [-0.05, 0) is 29.7 Å². The maximum atomic E-state index is 12.1. The van der Waals surface area contributed by atoms with Crippen LogP contribution in [0.1, 0.15) is 10.5 Å². The molecule has 104 valence electrons. The summed E-state index contributed by atoms with van der Waals surface area (Å²) < 4.78 is 3.73. The first kappa shape index (κ1) is 13.3. The second-order valence-corrected chi connectivity index (χ2v) is 5.60. The second kappa shape index (κ2) is 5.76. The first-order valence-corrected chi connectivity index (χ1v) is 7.52. The molecule has 0 atom stereocenters. The Balaban J connectivity index is 1.64. The van der Waals surface area contributed by atoms with Crippen LogP contribution in [0.4, 0.5) is 5.69 Å². The van der Waals surface area contributed by atoms with Gasteiger partial charge >= 0.3 is 0 Å². The van der Waals surface area contributed by atoms with E-state index in [1.807, 2.05) is 29.2 Å². The third-order valence-electron chi connectivity index (χ3n) is 3.32. The van der Waals surface area contributed by atoms with Gasteiger partial charge in [0.15, 0.2) is 5.69 Å². The van der Waals surface area contributed by atoms with Crippen molar-refractivity contribution < 1.29 is 4.79 Å². The molecule has 5 nitrogen and oxygen atoms in total. The van der Waals surface area contributed by atoms with Gasteiger partial charge in [-0.3, -0.25) is 4.79 Å². The Morgan fingerprint density at radius 3 is 2.70 bits per heavy atom. The smallest absolute Gasteiger partial charge is 0.275 e. The summed E-state index contributed by atoms with van der Waals surface area (Å²) in [5.74, 6) is -0.0375. The van der Waals surface area contributed by atoms with E-state index in [2.05, 4.69) is 14.5 Å². The maximum Gasteiger partial charge on any atom is 0.275 e. The standard InChI is InChI=1S/C13H13ClN4OS/c14-10-2-1-3-11(8-10)17-4-6-18(7-5-17)13(19)12-9-20-16-15-12/h1-3,8-9H,4-7H2. The molecule has 7 heteroatoms. The highest BCUT2D eigenvalue weighted by atomic mass is 35.5. The molecule has 0 aliphatic carbocycles. The van der Waals surface area contributed by atoms with Gasteiger partial charge in [-0.2, -0.15) is 0 Å². The van der Waals surface area contributed by atoms with E-state index in [9.17, 15) is 4.79 Å². The van der Waals surface area contributed by atoms with Gasteiger partial charge in [-0.25, -0.2) is 0 Å². The van der Waals surface area contributed by atoms with Gasteiger partial charge in [0, 0.05) is 42.3 Å². The molecule has 3 rings (SSSR count). The van der Waals surface area contributed by atoms with Crippen molar-refractivity contribution in [3.8, 4) is 0 Å². The van der Waals surface area contributed by atoms with Crippen LogP contribution in [-0.2, 0) is 0 Å². The molecule has 0 bridgehead atoms. The van der Waals surface area contributed by atoms with Crippen LogP contribution in [0, 0.1) is 0 Å². The molecule has 0 spiro atoms. The average Bonchev–Trinajstić information content (AvgIpc) is 3.01. The van der Waals surface area contributed by atoms with E-state index in [1.54, 1.807) is 5.38 Å². The van der Waals surface area contributed by atoms with Crippen molar-refractivity contribution in [3.63, 3.8) is 0 Å². The Hall–Kier alpha value is -1.66.